The number of carbonyl (C=O) groups excluding carboxylic acids is 1. The quantitative estimate of drug-likeness (QED) is 0.642. The summed E-state index contributed by atoms with van der Waals surface area (Å²) in [5.41, 5.74) is 2.10. The molecule has 3 aromatic rings. The van der Waals surface area contributed by atoms with E-state index in [4.69, 9.17) is 0 Å². The van der Waals surface area contributed by atoms with E-state index in [2.05, 4.69) is 10.3 Å². The first kappa shape index (κ1) is 9.23. The van der Waals surface area contributed by atoms with Crippen LogP contribution in [0, 0.1) is 0 Å². The molecule has 0 aliphatic carbocycles. The van der Waals surface area contributed by atoms with Crippen molar-refractivity contribution in [1.29, 1.82) is 0 Å². The summed E-state index contributed by atoms with van der Waals surface area (Å²) in [4.78, 5) is 12.0. The Kier molecular flexibility index (Phi) is 2.04. The second-order valence-electron chi connectivity index (χ2n) is 3.31. The molecule has 0 saturated heterocycles. The minimum atomic E-state index is -0.144. The zero-order valence-corrected chi connectivity index (χ0v) is 9.02. The van der Waals surface area contributed by atoms with Gasteiger partial charge in [0.2, 0.25) is 0 Å². The third kappa shape index (κ3) is 1.33. The van der Waals surface area contributed by atoms with Crippen LogP contribution in [-0.2, 0) is 0 Å². The van der Waals surface area contributed by atoms with Crippen LogP contribution < -0.4 is 0 Å². The van der Waals surface area contributed by atoms with Gasteiger partial charge in [-0.1, -0.05) is 17.3 Å². The Morgan fingerprint density at radius 2 is 2.12 bits per heavy atom. The zero-order valence-electron chi connectivity index (χ0n) is 8.20. The van der Waals surface area contributed by atoms with E-state index < -0.39 is 0 Å². The fourth-order valence-corrected chi connectivity index (χ4v) is 2.16. The molecule has 0 aliphatic heterocycles. The van der Waals surface area contributed by atoms with Gasteiger partial charge in [-0.2, -0.15) is 16.0 Å². The molecule has 16 heavy (non-hydrogen) atoms. The summed E-state index contributed by atoms with van der Waals surface area (Å²) in [6, 6.07) is 9.18. The molecular weight excluding hydrogens is 222 g/mol. The van der Waals surface area contributed by atoms with Crippen molar-refractivity contribution >= 4 is 28.3 Å². The highest BCUT2D eigenvalue weighted by Crippen LogP contribution is 2.13. The minimum Gasteiger partial charge on any atom is -0.267 e. The summed E-state index contributed by atoms with van der Waals surface area (Å²) < 4.78 is 1.33. The first-order valence-corrected chi connectivity index (χ1v) is 5.68. The van der Waals surface area contributed by atoms with Gasteiger partial charge in [0.15, 0.2) is 0 Å². The van der Waals surface area contributed by atoms with Gasteiger partial charge in [0.25, 0.3) is 5.91 Å². The van der Waals surface area contributed by atoms with Crippen molar-refractivity contribution in [1.82, 2.24) is 15.0 Å². The Morgan fingerprint density at radius 3 is 2.94 bits per heavy atom. The minimum absolute atomic E-state index is 0.144. The van der Waals surface area contributed by atoms with Crippen molar-refractivity contribution in [3.63, 3.8) is 0 Å². The third-order valence-electron chi connectivity index (χ3n) is 2.31. The topological polar surface area (TPSA) is 47.8 Å². The summed E-state index contributed by atoms with van der Waals surface area (Å²) in [6.07, 6.45) is 0. The van der Waals surface area contributed by atoms with Gasteiger partial charge in [0.05, 0.1) is 11.1 Å². The third-order valence-corrected chi connectivity index (χ3v) is 3.00. The molecule has 0 amide bonds. The van der Waals surface area contributed by atoms with Gasteiger partial charge in [-0.05, 0) is 23.6 Å². The van der Waals surface area contributed by atoms with Crippen LogP contribution in [0.15, 0.2) is 41.1 Å². The second-order valence-corrected chi connectivity index (χ2v) is 4.09. The van der Waals surface area contributed by atoms with Crippen LogP contribution in [0.25, 0.3) is 11.0 Å². The number of benzene rings is 1. The van der Waals surface area contributed by atoms with Crippen LogP contribution in [0.2, 0.25) is 0 Å². The van der Waals surface area contributed by atoms with Gasteiger partial charge < -0.3 is 0 Å². The van der Waals surface area contributed by atoms with Gasteiger partial charge in [-0.25, -0.2) is 0 Å². The molecule has 0 saturated carbocycles. The molecule has 0 aliphatic rings. The molecule has 0 unspecified atom stereocenters. The fourth-order valence-electron chi connectivity index (χ4n) is 1.53. The van der Waals surface area contributed by atoms with E-state index in [-0.39, 0.29) is 5.91 Å². The van der Waals surface area contributed by atoms with E-state index in [1.807, 2.05) is 29.6 Å². The first-order valence-electron chi connectivity index (χ1n) is 4.73. The lowest BCUT2D eigenvalue weighted by Crippen LogP contribution is -2.12. The number of carbonyl (C=O) groups is 1. The molecule has 1 aromatic carbocycles. The van der Waals surface area contributed by atoms with Crippen molar-refractivity contribution in [2.75, 3.05) is 0 Å². The molecule has 4 nitrogen and oxygen atoms in total. The van der Waals surface area contributed by atoms with Crippen LogP contribution >= 0.6 is 11.3 Å². The van der Waals surface area contributed by atoms with E-state index in [1.54, 1.807) is 11.4 Å². The van der Waals surface area contributed by atoms with Crippen LogP contribution in [0.1, 0.15) is 10.4 Å². The number of rotatable bonds is 1. The monoisotopic (exact) mass is 229 g/mol. The van der Waals surface area contributed by atoms with Gasteiger partial charge in [-0.3, -0.25) is 4.79 Å². The van der Waals surface area contributed by atoms with Gasteiger partial charge in [0, 0.05) is 5.38 Å². The molecule has 78 valence electrons. The maximum Gasteiger partial charge on any atom is 0.281 e. The van der Waals surface area contributed by atoms with Crippen LogP contribution in [0.5, 0.6) is 0 Å². The first-order chi connectivity index (χ1) is 7.86. The predicted octanol–water partition coefficient (Wildman–Crippen LogP) is 2.18. The molecule has 2 heterocycles. The van der Waals surface area contributed by atoms with Crippen LogP contribution in [-0.4, -0.2) is 20.9 Å². The Hall–Kier alpha value is -2.01. The molecule has 3 rings (SSSR count). The average Bonchev–Trinajstić information content (AvgIpc) is 2.98. The molecule has 0 fully saturated rings. The lowest BCUT2D eigenvalue weighted by Gasteiger charge is -1.97. The van der Waals surface area contributed by atoms with Gasteiger partial charge >= 0.3 is 0 Å². The molecule has 2 aromatic heterocycles. The van der Waals surface area contributed by atoms with E-state index in [0.29, 0.717) is 5.56 Å². The van der Waals surface area contributed by atoms with Gasteiger partial charge in [0.1, 0.15) is 5.52 Å². The highest BCUT2D eigenvalue weighted by atomic mass is 32.1. The maximum atomic E-state index is 12.0. The normalized spacial score (nSPS) is 10.8. The number of nitrogens with zero attached hydrogens (tertiary/aromatic N) is 3. The molecule has 0 radical (unpaired) electrons. The molecule has 0 atom stereocenters. The summed E-state index contributed by atoms with van der Waals surface area (Å²) in [5, 5.41) is 11.5. The number of thiophene rings is 1. The SMILES string of the molecule is O=C(c1ccsc1)n1nnc2ccccc21. The van der Waals surface area contributed by atoms with E-state index in [1.165, 1.54) is 16.0 Å². The lowest BCUT2D eigenvalue weighted by atomic mass is 10.3. The molecular formula is C11H7N3OS. The molecule has 0 spiro atoms. The second kappa shape index (κ2) is 3.53. The molecule has 5 heteroatoms. The van der Waals surface area contributed by atoms with Crippen molar-refractivity contribution in [2.24, 2.45) is 0 Å². The smallest absolute Gasteiger partial charge is 0.267 e. The number of hydrogen-bond acceptors (Lipinski definition) is 4. The highest BCUT2D eigenvalue weighted by Gasteiger charge is 2.13. The van der Waals surface area contributed by atoms with Crippen molar-refractivity contribution in [3.8, 4) is 0 Å². The van der Waals surface area contributed by atoms with Crippen molar-refractivity contribution < 1.29 is 4.79 Å². The maximum absolute atomic E-state index is 12.0. The lowest BCUT2D eigenvalue weighted by molar-refractivity contribution is 0.0948. The fraction of sp³-hybridized carbons (Fsp3) is 0. The Balaban J connectivity index is 2.16. The van der Waals surface area contributed by atoms with Gasteiger partial charge in [-0.15, -0.1) is 5.10 Å². The average molecular weight is 229 g/mol. The van der Waals surface area contributed by atoms with Crippen LogP contribution in [0.3, 0.4) is 0 Å². The Bertz CT molecular complexity index is 642. The van der Waals surface area contributed by atoms with Crippen LogP contribution in [0.4, 0.5) is 0 Å². The number of fused-ring (bicyclic) bond motifs is 1. The number of para-hydroxylation sites is 1. The Morgan fingerprint density at radius 1 is 1.25 bits per heavy atom. The molecule has 0 N–H and O–H groups in total. The zero-order chi connectivity index (χ0) is 11.0. The highest BCUT2D eigenvalue weighted by molar-refractivity contribution is 7.08. The van der Waals surface area contributed by atoms with E-state index in [9.17, 15) is 4.79 Å². The van der Waals surface area contributed by atoms with Crippen molar-refractivity contribution in [2.45, 2.75) is 0 Å². The largest absolute Gasteiger partial charge is 0.281 e. The summed E-state index contributed by atoms with van der Waals surface area (Å²) >= 11 is 1.49. The number of hydrogen-bond donors (Lipinski definition) is 0. The summed E-state index contributed by atoms with van der Waals surface area (Å²) in [7, 11) is 0. The Labute approximate surface area is 95.1 Å². The standard InChI is InChI=1S/C11H7N3OS/c15-11(8-5-6-16-7-8)14-10-4-2-1-3-9(10)12-13-14/h1-7H. The summed E-state index contributed by atoms with van der Waals surface area (Å²) in [5.74, 6) is -0.144. The predicted molar refractivity (Wildman–Crippen MR) is 61.6 cm³/mol. The van der Waals surface area contributed by atoms with E-state index in [0.717, 1.165) is 11.0 Å². The van der Waals surface area contributed by atoms with E-state index >= 15 is 0 Å². The molecule has 0 bridgehead atoms. The van der Waals surface area contributed by atoms with Crippen molar-refractivity contribution in [3.05, 3.63) is 46.7 Å². The summed E-state index contributed by atoms with van der Waals surface area (Å²) in [6.45, 7) is 0. The number of aromatic nitrogens is 3.